The third-order valence-corrected chi connectivity index (χ3v) is 7.25. The second-order valence-corrected chi connectivity index (χ2v) is 8.81. The molecule has 0 bridgehead atoms. The minimum atomic E-state index is 0.237. The highest BCUT2D eigenvalue weighted by atomic mass is 35.5. The van der Waals surface area contributed by atoms with Crippen molar-refractivity contribution in [2.75, 3.05) is 5.75 Å². The van der Waals surface area contributed by atoms with Crippen molar-refractivity contribution in [1.29, 1.82) is 0 Å². The summed E-state index contributed by atoms with van der Waals surface area (Å²) in [5.74, 6) is 2.03. The summed E-state index contributed by atoms with van der Waals surface area (Å²) in [6, 6.07) is 0. The molecule has 19 heavy (non-hydrogen) atoms. The first-order valence-corrected chi connectivity index (χ1v) is 9.14. The molecule has 2 rings (SSSR count). The predicted octanol–water partition coefficient (Wildman–Crippen LogP) is 5.20. The van der Waals surface area contributed by atoms with Gasteiger partial charge in [0.15, 0.2) is 0 Å². The van der Waals surface area contributed by atoms with Gasteiger partial charge in [0.1, 0.15) is 16.1 Å². The molecule has 0 aliphatic carbocycles. The number of halogens is 2. The van der Waals surface area contributed by atoms with E-state index in [1.807, 2.05) is 37.4 Å². The summed E-state index contributed by atoms with van der Waals surface area (Å²) in [5.41, 5.74) is 0.849. The Morgan fingerprint density at radius 2 is 1.68 bits per heavy atom. The smallest absolute Gasteiger partial charge is 0.145 e. The molecule has 0 spiro atoms. The molecule has 1 aromatic rings. The van der Waals surface area contributed by atoms with E-state index >= 15 is 0 Å². The van der Waals surface area contributed by atoms with E-state index in [1.165, 1.54) is 0 Å². The lowest BCUT2D eigenvalue weighted by atomic mass is 10.1. The van der Waals surface area contributed by atoms with Gasteiger partial charge in [-0.05, 0) is 5.92 Å². The normalized spacial score (nSPS) is 27.8. The standard InChI is InChI=1S/C13H18Cl2N2S2/c1-6(2)10-11(14)16-13(17-12(10)15)9-5-18-7(3)8(4)19-9/h6-9H,5H2,1-4H3. The summed E-state index contributed by atoms with van der Waals surface area (Å²) >= 11 is 16.4. The second-order valence-electron chi connectivity index (χ2n) is 5.10. The Labute approximate surface area is 133 Å². The Kier molecular flexibility index (Phi) is 5.32. The molecule has 0 N–H and O–H groups in total. The topological polar surface area (TPSA) is 25.8 Å². The molecular weight excluding hydrogens is 319 g/mol. The van der Waals surface area contributed by atoms with Crippen LogP contribution in [0.4, 0.5) is 0 Å². The molecule has 1 aromatic heterocycles. The first-order chi connectivity index (χ1) is 8.90. The molecular formula is C13H18Cl2N2S2. The van der Waals surface area contributed by atoms with Gasteiger partial charge in [-0.15, -0.1) is 11.8 Å². The van der Waals surface area contributed by atoms with Crippen molar-refractivity contribution in [3.8, 4) is 0 Å². The Balaban J connectivity index is 2.27. The maximum Gasteiger partial charge on any atom is 0.145 e. The fourth-order valence-corrected chi connectivity index (χ4v) is 5.65. The van der Waals surface area contributed by atoms with Crippen LogP contribution in [-0.4, -0.2) is 26.2 Å². The van der Waals surface area contributed by atoms with Crippen molar-refractivity contribution in [2.24, 2.45) is 0 Å². The van der Waals surface area contributed by atoms with E-state index in [4.69, 9.17) is 23.2 Å². The fraction of sp³-hybridized carbons (Fsp3) is 0.692. The highest BCUT2D eigenvalue weighted by Gasteiger charge is 2.29. The third kappa shape index (κ3) is 3.52. The van der Waals surface area contributed by atoms with Crippen LogP contribution >= 0.6 is 46.7 Å². The van der Waals surface area contributed by atoms with Crippen LogP contribution < -0.4 is 0 Å². The highest BCUT2D eigenvalue weighted by Crippen LogP contribution is 2.44. The molecule has 0 aromatic carbocycles. The van der Waals surface area contributed by atoms with E-state index in [-0.39, 0.29) is 11.2 Å². The number of thioether (sulfide) groups is 2. The van der Waals surface area contributed by atoms with Gasteiger partial charge in [0.05, 0.1) is 5.25 Å². The molecule has 2 heterocycles. The van der Waals surface area contributed by atoms with E-state index in [9.17, 15) is 0 Å². The summed E-state index contributed by atoms with van der Waals surface area (Å²) < 4.78 is 0. The van der Waals surface area contributed by atoms with Crippen LogP contribution in [0, 0.1) is 0 Å². The third-order valence-electron chi connectivity index (χ3n) is 3.29. The van der Waals surface area contributed by atoms with Crippen molar-refractivity contribution in [2.45, 2.75) is 49.4 Å². The average Bonchev–Trinajstić information content (AvgIpc) is 2.31. The number of hydrogen-bond donors (Lipinski definition) is 0. The van der Waals surface area contributed by atoms with Gasteiger partial charge in [0.2, 0.25) is 0 Å². The zero-order valence-electron chi connectivity index (χ0n) is 11.5. The highest BCUT2D eigenvalue weighted by molar-refractivity contribution is 8.07. The van der Waals surface area contributed by atoms with Crippen molar-refractivity contribution >= 4 is 46.7 Å². The summed E-state index contributed by atoms with van der Waals surface area (Å²) in [6.07, 6.45) is 0. The van der Waals surface area contributed by atoms with Crippen LogP contribution in [0.3, 0.4) is 0 Å². The van der Waals surface area contributed by atoms with Gasteiger partial charge >= 0.3 is 0 Å². The SMILES string of the molecule is CC(C)c1c(Cl)nc(C2CSC(C)C(C)S2)nc1Cl. The van der Waals surface area contributed by atoms with Crippen LogP contribution in [0.2, 0.25) is 10.3 Å². The van der Waals surface area contributed by atoms with Crippen LogP contribution in [0.25, 0.3) is 0 Å². The number of nitrogens with zero attached hydrogens (tertiary/aromatic N) is 2. The maximum absolute atomic E-state index is 6.26. The minimum absolute atomic E-state index is 0.237. The summed E-state index contributed by atoms with van der Waals surface area (Å²) in [5, 5.41) is 2.55. The van der Waals surface area contributed by atoms with Crippen LogP contribution in [-0.2, 0) is 0 Å². The predicted molar refractivity (Wildman–Crippen MR) is 87.9 cm³/mol. The molecule has 1 saturated heterocycles. The largest absolute Gasteiger partial charge is 0.220 e. The van der Waals surface area contributed by atoms with Crippen LogP contribution in [0.5, 0.6) is 0 Å². The number of rotatable bonds is 2. The quantitative estimate of drug-likeness (QED) is 0.692. The molecule has 1 fully saturated rings. The second kappa shape index (κ2) is 6.42. The van der Waals surface area contributed by atoms with Gasteiger partial charge in [0, 0.05) is 21.8 Å². The molecule has 6 heteroatoms. The zero-order valence-corrected chi connectivity index (χ0v) is 14.6. The molecule has 106 valence electrons. The van der Waals surface area contributed by atoms with Gasteiger partial charge in [0.25, 0.3) is 0 Å². The zero-order chi connectivity index (χ0) is 14.2. The summed E-state index contributed by atoms with van der Waals surface area (Å²) in [6.45, 7) is 8.61. The monoisotopic (exact) mass is 336 g/mol. The first kappa shape index (κ1) is 15.7. The van der Waals surface area contributed by atoms with Gasteiger partial charge in [-0.2, -0.15) is 11.8 Å². The Bertz CT molecular complexity index is 445. The van der Waals surface area contributed by atoms with Crippen molar-refractivity contribution < 1.29 is 0 Å². The van der Waals surface area contributed by atoms with Crippen molar-refractivity contribution in [1.82, 2.24) is 9.97 Å². The molecule has 0 amide bonds. The Hall–Kier alpha value is 0.360. The lowest BCUT2D eigenvalue weighted by Gasteiger charge is -2.30. The van der Waals surface area contributed by atoms with Gasteiger partial charge in [-0.1, -0.05) is 50.9 Å². The van der Waals surface area contributed by atoms with Crippen molar-refractivity contribution in [3.63, 3.8) is 0 Å². The minimum Gasteiger partial charge on any atom is -0.220 e. The molecule has 2 nitrogen and oxygen atoms in total. The van der Waals surface area contributed by atoms with E-state index in [0.717, 1.165) is 17.1 Å². The summed E-state index contributed by atoms with van der Waals surface area (Å²) in [7, 11) is 0. The Morgan fingerprint density at radius 1 is 1.11 bits per heavy atom. The molecule has 3 unspecified atom stereocenters. The van der Waals surface area contributed by atoms with E-state index in [2.05, 4.69) is 23.8 Å². The number of aromatic nitrogens is 2. The fourth-order valence-electron chi connectivity index (χ4n) is 1.97. The van der Waals surface area contributed by atoms with Crippen LogP contribution in [0.15, 0.2) is 0 Å². The average molecular weight is 337 g/mol. The molecule has 1 aliphatic heterocycles. The number of hydrogen-bond acceptors (Lipinski definition) is 4. The first-order valence-electron chi connectivity index (χ1n) is 6.40. The molecule has 0 radical (unpaired) electrons. The van der Waals surface area contributed by atoms with Gasteiger partial charge in [-0.25, -0.2) is 9.97 Å². The maximum atomic E-state index is 6.26. The van der Waals surface area contributed by atoms with E-state index in [1.54, 1.807) is 0 Å². The van der Waals surface area contributed by atoms with Gasteiger partial charge < -0.3 is 0 Å². The van der Waals surface area contributed by atoms with E-state index < -0.39 is 0 Å². The molecule has 0 saturated carbocycles. The lowest BCUT2D eigenvalue weighted by Crippen LogP contribution is -2.23. The van der Waals surface area contributed by atoms with Crippen molar-refractivity contribution in [3.05, 3.63) is 21.7 Å². The summed E-state index contributed by atoms with van der Waals surface area (Å²) in [4.78, 5) is 8.95. The molecule has 1 aliphatic rings. The van der Waals surface area contributed by atoms with E-state index in [0.29, 0.717) is 20.8 Å². The Morgan fingerprint density at radius 3 is 2.16 bits per heavy atom. The lowest BCUT2D eigenvalue weighted by molar-refractivity contribution is 0.814. The molecule has 3 atom stereocenters. The van der Waals surface area contributed by atoms with Crippen LogP contribution in [0.1, 0.15) is 50.3 Å². The van der Waals surface area contributed by atoms with Gasteiger partial charge in [-0.3, -0.25) is 0 Å².